The molecule has 0 spiro atoms. The van der Waals surface area contributed by atoms with Crippen LogP contribution in [0.15, 0.2) is 54.6 Å². The number of benzene rings is 3. The molecule has 45 heavy (non-hydrogen) atoms. The number of carboxylic acids is 1. The zero-order valence-electron chi connectivity index (χ0n) is 22.1. The number of amides is 2. The number of carbonyl (C=O) groups excluding carboxylic acids is 3. The predicted molar refractivity (Wildman–Crippen MR) is 135 cm³/mol. The van der Waals surface area contributed by atoms with E-state index in [-0.39, 0.29) is 23.7 Å². The number of aromatic carboxylic acids is 1. The molecule has 0 aliphatic heterocycles. The second-order valence-corrected chi connectivity index (χ2v) is 9.28. The molecule has 3 aromatic carbocycles. The number of hydrogen-bond acceptors (Lipinski definition) is 5. The summed E-state index contributed by atoms with van der Waals surface area (Å²) in [5, 5.41) is 11.4. The van der Waals surface area contributed by atoms with Gasteiger partial charge in [-0.1, -0.05) is 29.8 Å². The lowest BCUT2D eigenvalue weighted by molar-refractivity contribution is -0.348. The fourth-order valence-electron chi connectivity index (χ4n) is 3.99. The molecule has 0 aromatic heterocycles. The molecule has 0 unspecified atom stereocenters. The van der Waals surface area contributed by atoms with Gasteiger partial charge in [0.05, 0.1) is 22.2 Å². The van der Waals surface area contributed by atoms with Crippen LogP contribution in [0.5, 0.6) is 5.75 Å². The first-order valence-electron chi connectivity index (χ1n) is 12.1. The molecule has 0 fully saturated rings. The van der Waals surface area contributed by atoms with Gasteiger partial charge in [0.25, 0.3) is 11.8 Å². The fraction of sp³-hybridized carbons (Fsp3) is 0.222. The lowest BCUT2D eigenvalue weighted by Gasteiger charge is -2.31. The zero-order valence-corrected chi connectivity index (χ0v) is 22.9. The van der Waals surface area contributed by atoms with Gasteiger partial charge in [0.15, 0.2) is 11.6 Å². The number of nitrogens with zero attached hydrogens (tertiary/aromatic N) is 1. The minimum Gasteiger partial charge on any atom is -0.545 e. The third-order valence-electron chi connectivity index (χ3n) is 6.13. The van der Waals surface area contributed by atoms with Gasteiger partial charge < -0.3 is 24.9 Å². The molecule has 0 saturated carbocycles. The van der Waals surface area contributed by atoms with E-state index in [1.807, 2.05) is 0 Å². The van der Waals surface area contributed by atoms with Gasteiger partial charge in [0.1, 0.15) is 5.69 Å². The highest BCUT2D eigenvalue weighted by Gasteiger charge is 2.73. The summed E-state index contributed by atoms with van der Waals surface area (Å²) < 4.78 is 140. The van der Waals surface area contributed by atoms with E-state index in [4.69, 9.17) is 11.6 Å². The van der Waals surface area contributed by atoms with Crippen LogP contribution in [-0.2, 0) is 5.67 Å². The zero-order chi connectivity index (χ0) is 34.1. The molecule has 0 aliphatic carbocycles. The van der Waals surface area contributed by atoms with Crippen LogP contribution in [-0.4, -0.2) is 43.3 Å². The molecule has 1 N–H and O–H groups in total. The van der Waals surface area contributed by atoms with Crippen molar-refractivity contribution in [2.24, 2.45) is 0 Å². The van der Waals surface area contributed by atoms with Gasteiger partial charge in [-0.05, 0) is 48.9 Å². The maximum atomic E-state index is 15.6. The maximum Gasteiger partial charge on any atom is 0.435 e. The summed E-state index contributed by atoms with van der Waals surface area (Å²) >= 11 is 5.71. The van der Waals surface area contributed by atoms with Crippen LogP contribution in [0, 0.1) is 5.82 Å². The van der Waals surface area contributed by atoms with Gasteiger partial charge in [0.2, 0.25) is 0 Å². The highest BCUT2D eigenvalue weighted by molar-refractivity contribution is 6.34. The first kappa shape index (κ1) is 34.9. The van der Waals surface area contributed by atoms with Gasteiger partial charge in [0, 0.05) is 17.7 Å². The monoisotopic (exact) mass is 673 g/mol. The molecule has 0 saturated heterocycles. The Morgan fingerprint density at radius 3 is 1.98 bits per heavy atom. The number of carboxylic acid groups (broad SMARTS) is 1. The number of hydrogen-bond donors (Lipinski definition) is 1. The Hall–Kier alpha value is -4.54. The van der Waals surface area contributed by atoms with Crippen LogP contribution < -0.4 is 20.1 Å². The van der Waals surface area contributed by atoms with Crippen molar-refractivity contribution in [2.75, 3.05) is 16.8 Å². The lowest BCUT2D eigenvalue weighted by Crippen LogP contribution is -2.50. The fourth-order valence-corrected chi connectivity index (χ4v) is 4.25. The Balaban J connectivity index is 2.05. The third kappa shape index (κ3) is 6.92. The first-order valence-corrected chi connectivity index (χ1v) is 12.5. The molecule has 0 radical (unpaired) electrons. The highest BCUT2D eigenvalue weighted by atomic mass is 35.5. The summed E-state index contributed by atoms with van der Waals surface area (Å²) in [7, 11) is 0. The van der Waals surface area contributed by atoms with Crippen molar-refractivity contribution < 1.29 is 68.1 Å². The topological polar surface area (TPSA) is 98.8 Å². The van der Waals surface area contributed by atoms with Crippen molar-refractivity contribution in [1.82, 2.24) is 0 Å². The van der Waals surface area contributed by atoms with E-state index in [1.165, 1.54) is 6.92 Å². The van der Waals surface area contributed by atoms with Crippen LogP contribution in [0.3, 0.4) is 0 Å². The second kappa shape index (κ2) is 12.8. The summed E-state index contributed by atoms with van der Waals surface area (Å²) in [4.78, 5) is 37.8. The van der Waals surface area contributed by atoms with Crippen molar-refractivity contribution in [1.29, 1.82) is 0 Å². The summed E-state index contributed by atoms with van der Waals surface area (Å²) in [6.07, 6.45) is -13.3. The first-order chi connectivity index (χ1) is 20.7. The summed E-state index contributed by atoms with van der Waals surface area (Å²) in [5.41, 5.74) is -11.4. The van der Waals surface area contributed by atoms with Crippen LogP contribution >= 0.6 is 11.6 Å². The summed E-state index contributed by atoms with van der Waals surface area (Å²) in [6, 6.07) is 6.59. The van der Waals surface area contributed by atoms with E-state index in [9.17, 15) is 59.0 Å². The minimum atomic E-state index is -6.65. The molecule has 0 aliphatic rings. The largest absolute Gasteiger partial charge is 0.545 e. The molecule has 0 bridgehead atoms. The molecule has 18 heteroatoms. The minimum absolute atomic E-state index is 0.113. The highest BCUT2D eigenvalue weighted by Crippen LogP contribution is 2.55. The maximum absolute atomic E-state index is 15.6. The second-order valence-electron chi connectivity index (χ2n) is 8.87. The Morgan fingerprint density at radius 2 is 1.49 bits per heavy atom. The number of nitrogens with one attached hydrogen (secondary N) is 1. The standard InChI is InChI=1S/C27H17ClF10N2O5/c1-2-40(22(42)12-6-8-13(9-7-12)23(43)44)17-5-3-4-15(19(17)29)21(41)39-20-16(28)10-14(11-18(20)45-24(30)31)25(32,26(33,34)35)27(36,37)38/h3-11,24H,2H2,1H3,(H,39,41)(H,43,44)/p-1. The van der Waals surface area contributed by atoms with Crippen molar-refractivity contribution in [3.8, 4) is 5.75 Å². The molecule has 242 valence electrons. The van der Waals surface area contributed by atoms with Crippen LogP contribution in [0.1, 0.15) is 43.6 Å². The van der Waals surface area contributed by atoms with Crippen molar-refractivity contribution in [3.05, 3.63) is 87.7 Å². The van der Waals surface area contributed by atoms with E-state index in [0.29, 0.717) is 0 Å². The molecular formula is C27H16ClF10N2O5-. The van der Waals surface area contributed by atoms with Gasteiger partial charge in [-0.25, -0.2) is 8.78 Å². The van der Waals surface area contributed by atoms with Crippen LogP contribution in [0.2, 0.25) is 5.02 Å². The van der Waals surface area contributed by atoms with E-state index in [2.05, 4.69) is 4.74 Å². The van der Waals surface area contributed by atoms with Crippen LogP contribution in [0.25, 0.3) is 0 Å². The van der Waals surface area contributed by atoms with Crippen molar-refractivity contribution >= 4 is 40.8 Å². The SMILES string of the molecule is CCN(C(=O)c1ccc(C(=O)[O-])cc1)c1cccc(C(=O)Nc2c(Cl)cc(C(F)(C(F)(F)F)C(F)(F)F)cc2OC(F)F)c1F. The number of carbonyl (C=O) groups is 3. The normalized spacial score (nSPS) is 12.2. The Morgan fingerprint density at radius 1 is 0.933 bits per heavy atom. The van der Waals surface area contributed by atoms with E-state index < -0.39 is 87.6 Å². The molecule has 0 heterocycles. The average molecular weight is 674 g/mol. The number of rotatable bonds is 9. The predicted octanol–water partition coefficient (Wildman–Crippen LogP) is 6.65. The third-order valence-corrected chi connectivity index (χ3v) is 6.43. The molecular weight excluding hydrogens is 658 g/mol. The number of alkyl halides is 9. The van der Waals surface area contributed by atoms with Gasteiger partial charge in [-0.15, -0.1) is 0 Å². The number of ether oxygens (including phenoxy) is 1. The molecule has 3 rings (SSSR count). The Kier molecular flexibility index (Phi) is 9.96. The molecule has 0 atom stereocenters. The lowest BCUT2D eigenvalue weighted by atomic mass is 9.93. The average Bonchev–Trinajstić information content (AvgIpc) is 2.93. The van der Waals surface area contributed by atoms with Gasteiger partial charge in [-0.2, -0.15) is 35.1 Å². The number of halogens is 11. The van der Waals surface area contributed by atoms with E-state index >= 15 is 4.39 Å². The summed E-state index contributed by atoms with van der Waals surface area (Å²) in [6.45, 7) is -2.74. The Bertz CT molecular complexity index is 1600. The molecule has 3 aromatic rings. The summed E-state index contributed by atoms with van der Waals surface area (Å²) in [5.74, 6) is -6.99. The quantitative estimate of drug-likeness (QED) is 0.257. The van der Waals surface area contributed by atoms with Crippen molar-refractivity contribution in [3.63, 3.8) is 0 Å². The van der Waals surface area contributed by atoms with E-state index in [0.717, 1.165) is 47.4 Å². The Labute approximate surface area is 250 Å². The van der Waals surface area contributed by atoms with E-state index in [1.54, 1.807) is 5.32 Å². The smallest absolute Gasteiger partial charge is 0.435 e. The van der Waals surface area contributed by atoms with Gasteiger partial charge >= 0.3 is 24.6 Å². The van der Waals surface area contributed by atoms with Crippen LogP contribution in [0.4, 0.5) is 55.3 Å². The van der Waals surface area contributed by atoms with Crippen molar-refractivity contribution in [2.45, 2.75) is 31.6 Å². The molecule has 2 amide bonds. The number of anilines is 2. The molecule has 7 nitrogen and oxygen atoms in total. The van der Waals surface area contributed by atoms with Gasteiger partial charge in [-0.3, -0.25) is 9.59 Å².